The van der Waals surface area contributed by atoms with Gasteiger partial charge >= 0.3 is 0 Å². The van der Waals surface area contributed by atoms with Crippen LogP contribution in [0.3, 0.4) is 0 Å². The summed E-state index contributed by atoms with van der Waals surface area (Å²) in [5.74, 6) is 0. The predicted octanol–water partition coefficient (Wildman–Crippen LogP) is 6.75. The van der Waals surface area contributed by atoms with E-state index >= 15 is 0 Å². The summed E-state index contributed by atoms with van der Waals surface area (Å²) in [7, 11) is 0. The lowest BCUT2D eigenvalue weighted by Gasteiger charge is -2.58. The lowest BCUT2D eigenvalue weighted by molar-refractivity contribution is -0.0246. The second-order valence-electron chi connectivity index (χ2n) is 6.11. The van der Waals surface area contributed by atoms with Crippen molar-refractivity contribution in [3.63, 3.8) is 0 Å². The molecule has 3 aliphatic carbocycles. The number of ether oxygens (including phenoxy) is 1. The third-order valence-electron chi connectivity index (χ3n) is 5.25. The number of hydrogen-bond donors (Lipinski definition) is 0. The van der Waals surface area contributed by atoms with E-state index in [2.05, 4.69) is 0 Å². The minimum absolute atomic E-state index is 0.0378. The van der Waals surface area contributed by atoms with Crippen LogP contribution in [-0.2, 0) is 4.74 Å². The van der Waals surface area contributed by atoms with Crippen molar-refractivity contribution >= 4 is 139 Å². The smallest absolute Gasteiger partial charge is 0.202 e. The Kier molecular flexibility index (Phi) is 3.69. The Labute approximate surface area is 191 Å². The molecule has 1 nitrogen and oxygen atoms in total. The van der Waals surface area contributed by atoms with Crippen LogP contribution in [0.4, 0.5) is 0 Å². The highest BCUT2D eigenvalue weighted by Crippen LogP contribution is 2.96. The summed E-state index contributed by atoms with van der Waals surface area (Å²) in [6.07, 6.45) is -0.0378. The summed E-state index contributed by atoms with van der Waals surface area (Å²) < 4.78 is -0.529. The van der Waals surface area contributed by atoms with Crippen molar-refractivity contribution in [2.24, 2.45) is 0 Å². The van der Waals surface area contributed by atoms with E-state index in [0.717, 1.165) is 0 Å². The van der Waals surface area contributed by atoms with Crippen molar-refractivity contribution in [3.8, 4) is 0 Å². The number of rotatable bonds is 0. The maximum absolute atomic E-state index is 6.81. The SMILES string of the molecule is ClC1(Cl)C(Cl)(Cl)C2(Cl)OC3(Cl)C(Cl)(Cl)C3(Cl)C2(Cl)C2(Cl)CC12Cl. The van der Waals surface area contributed by atoms with Gasteiger partial charge in [-0.25, -0.2) is 0 Å². The average molecular weight is 564 g/mol. The zero-order valence-electron chi connectivity index (χ0n) is 10.2. The van der Waals surface area contributed by atoms with Gasteiger partial charge in [-0.2, -0.15) is 0 Å². The molecule has 4 rings (SSSR count). The average Bonchev–Trinajstić information content (AvgIpc) is 3.06. The van der Waals surface area contributed by atoms with Crippen molar-refractivity contribution in [3.05, 3.63) is 0 Å². The second kappa shape index (κ2) is 4.30. The highest BCUT2D eigenvalue weighted by molar-refractivity contribution is 6.74. The van der Waals surface area contributed by atoms with Gasteiger partial charge in [0.15, 0.2) is 17.9 Å². The van der Waals surface area contributed by atoms with Crippen LogP contribution in [0.2, 0.25) is 0 Å². The van der Waals surface area contributed by atoms with Gasteiger partial charge in [-0.1, -0.05) is 92.8 Å². The third kappa shape index (κ3) is 1.36. The van der Waals surface area contributed by atoms with Crippen molar-refractivity contribution in [1.82, 2.24) is 0 Å². The van der Waals surface area contributed by atoms with E-state index in [1.165, 1.54) is 0 Å². The van der Waals surface area contributed by atoms with Gasteiger partial charge in [0.1, 0.15) is 9.75 Å². The van der Waals surface area contributed by atoms with Crippen LogP contribution in [0.1, 0.15) is 6.42 Å². The highest BCUT2D eigenvalue weighted by atomic mass is 35.5. The van der Waals surface area contributed by atoms with E-state index in [1.54, 1.807) is 0 Å². The first-order valence-corrected chi connectivity index (χ1v) is 10.4. The van der Waals surface area contributed by atoms with E-state index < -0.39 is 42.6 Å². The molecule has 4 fully saturated rings. The van der Waals surface area contributed by atoms with Crippen molar-refractivity contribution in [2.45, 2.75) is 49.0 Å². The lowest BCUT2D eigenvalue weighted by Crippen LogP contribution is -2.77. The van der Waals surface area contributed by atoms with Gasteiger partial charge in [0.05, 0.1) is 4.87 Å². The van der Waals surface area contributed by atoms with Gasteiger partial charge in [0.2, 0.25) is 10.1 Å². The van der Waals surface area contributed by atoms with Crippen LogP contribution in [-0.4, -0.2) is 42.6 Å². The summed E-state index contributed by atoms with van der Waals surface area (Å²) in [6.45, 7) is 0. The van der Waals surface area contributed by atoms with Crippen molar-refractivity contribution in [1.29, 1.82) is 0 Å². The maximum Gasteiger partial charge on any atom is 0.202 e. The largest absolute Gasteiger partial charge is 0.327 e. The Morgan fingerprint density at radius 3 is 1.39 bits per heavy atom. The number of fused-ring (bicyclic) bond motifs is 5. The molecule has 132 valence electrons. The quantitative estimate of drug-likeness (QED) is 0.297. The van der Waals surface area contributed by atoms with Crippen LogP contribution in [0.25, 0.3) is 0 Å². The van der Waals surface area contributed by atoms with Gasteiger partial charge in [-0.05, 0) is 6.42 Å². The van der Waals surface area contributed by atoms with Crippen LogP contribution in [0.5, 0.6) is 0 Å². The van der Waals surface area contributed by atoms with Crippen molar-refractivity contribution in [2.75, 3.05) is 0 Å². The molecule has 0 spiro atoms. The molecule has 0 aromatic heterocycles. The maximum atomic E-state index is 6.81. The summed E-state index contributed by atoms with van der Waals surface area (Å²) in [6, 6.07) is 0. The molecule has 0 bridgehead atoms. The van der Waals surface area contributed by atoms with E-state index in [1.807, 2.05) is 0 Å². The van der Waals surface area contributed by atoms with E-state index in [-0.39, 0.29) is 6.42 Å². The fourth-order valence-corrected chi connectivity index (χ4v) is 10.5. The fourth-order valence-electron chi connectivity index (χ4n) is 3.76. The fraction of sp³-hybridized carbons (Fsp3) is 1.00. The molecule has 23 heavy (non-hydrogen) atoms. The Balaban J connectivity index is 2.07. The highest BCUT2D eigenvalue weighted by Gasteiger charge is 3.12. The minimum atomic E-state index is -2.26. The molecule has 13 heteroatoms. The van der Waals surface area contributed by atoms with E-state index in [0.29, 0.717) is 0 Å². The molecular formula is C10H2Cl12O. The molecule has 4 aliphatic rings. The molecule has 0 N–H and O–H groups in total. The van der Waals surface area contributed by atoms with Crippen LogP contribution >= 0.6 is 139 Å². The molecule has 1 aliphatic heterocycles. The van der Waals surface area contributed by atoms with Gasteiger partial charge < -0.3 is 4.74 Å². The number of hydrogen-bond acceptors (Lipinski definition) is 1. The Hall–Kier alpha value is 3.44. The Bertz CT molecular complexity index is 666. The molecular weight excluding hydrogens is 562 g/mol. The van der Waals surface area contributed by atoms with Crippen LogP contribution < -0.4 is 0 Å². The second-order valence-corrected chi connectivity index (χ2v) is 13.6. The molecule has 0 amide bonds. The monoisotopic (exact) mass is 558 g/mol. The van der Waals surface area contributed by atoms with Crippen LogP contribution in [0.15, 0.2) is 0 Å². The van der Waals surface area contributed by atoms with Gasteiger partial charge in [0, 0.05) is 0 Å². The minimum Gasteiger partial charge on any atom is -0.327 e. The summed E-state index contributed by atoms with van der Waals surface area (Å²) in [5, 5.41) is -4.17. The summed E-state index contributed by atoms with van der Waals surface area (Å²) in [4.78, 5) is -7.03. The first-order chi connectivity index (χ1) is 9.91. The Morgan fingerprint density at radius 2 is 0.913 bits per heavy atom. The van der Waals surface area contributed by atoms with Gasteiger partial charge in [-0.3, -0.25) is 0 Å². The standard InChI is InChI=1S/C10H2Cl12O/c11-2-1-3(2,12)6(15,16)8(19,20)9(21)4(2,13)5(14)7(17,18)10(5,22)23-9/h1H2. The zero-order valence-corrected chi connectivity index (χ0v) is 19.2. The lowest BCUT2D eigenvalue weighted by atomic mass is 9.79. The molecule has 1 heterocycles. The third-order valence-corrected chi connectivity index (χ3v) is 14.8. The zero-order chi connectivity index (χ0) is 17.9. The molecule has 0 aromatic rings. The molecule has 0 radical (unpaired) electrons. The van der Waals surface area contributed by atoms with E-state index in [4.69, 9.17) is 144 Å². The molecule has 3 saturated carbocycles. The van der Waals surface area contributed by atoms with Crippen LogP contribution in [0, 0.1) is 0 Å². The van der Waals surface area contributed by atoms with Crippen molar-refractivity contribution < 1.29 is 4.74 Å². The molecule has 0 aromatic carbocycles. The summed E-state index contributed by atoms with van der Waals surface area (Å²) in [5.41, 5.74) is 0. The first kappa shape index (κ1) is 19.7. The first-order valence-electron chi connectivity index (χ1n) is 5.88. The normalized spacial score (nSPS) is 66.3. The summed E-state index contributed by atoms with van der Waals surface area (Å²) >= 11 is 77.3. The van der Waals surface area contributed by atoms with Gasteiger partial charge in [0.25, 0.3) is 0 Å². The predicted molar refractivity (Wildman–Crippen MR) is 101 cm³/mol. The molecule has 6 atom stereocenters. The Morgan fingerprint density at radius 1 is 0.478 bits per heavy atom. The molecule has 6 unspecified atom stereocenters. The number of alkyl halides is 12. The molecule has 1 saturated heterocycles. The topological polar surface area (TPSA) is 9.23 Å². The van der Waals surface area contributed by atoms with Gasteiger partial charge in [-0.15, -0.1) is 46.4 Å². The number of halogens is 12. The van der Waals surface area contributed by atoms with E-state index in [9.17, 15) is 0 Å².